The van der Waals surface area contributed by atoms with E-state index in [-0.39, 0.29) is 28.5 Å². The minimum Gasteiger partial charge on any atom is -0.382 e. The van der Waals surface area contributed by atoms with Crippen molar-refractivity contribution in [1.82, 2.24) is 29.5 Å². The molecule has 14 nitrogen and oxygen atoms in total. The Labute approximate surface area is 332 Å². The SMILES string of the molecule is CC(C)(C)c1cc2cn(-c3ccc(CNCCCN=C(N)N)cc3)c(=O)nc2[nH]1.COCCOCCN(C1CCNCC1)S(=O)(=O)c1cccc(C(C)(C)C)c1. The van der Waals surface area contributed by atoms with Gasteiger partial charge in [-0.2, -0.15) is 9.29 Å². The van der Waals surface area contributed by atoms with Crippen molar-refractivity contribution in [2.75, 3.05) is 59.7 Å². The molecule has 0 amide bonds. The summed E-state index contributed by atoms with van der Waals surface area (Å²) in [7, 11) is -1.96. The predicted molar refractivity (Wildman–Crippen MR) is 225 cm³/mol. The number of nitrogens with two attached hydrogens (primary N) is 2. The standard InChI is InChI=1S/C21H29N7O.C20H34N2O4S/c1-21(2,3)17-11-15-13-28(20(29)27-18(15)26-17)16-7-5-14(6-8-16)12-24-9-4-10-25-19(22)23;1-20(2,3)17-6-5-7-19(16-17)27(23,24)22(12-13-26-15-14-25-4)18-8-10-21-11-9-18/h5-8,11,13,24H,4,9-10,12H2,1-3H3,(H4,22,23,25)(H,26,27,29);5-7,16,18,21H,8-15H2,1-4H3. The number of benzene rings is 2. The van der Waals surface area contributed by atoms with Gasteiger partial charge >= 0.3 is 5.69 Å². The van der Waals surface area contributed by atoms with Crippen molar-refractivity contribution < 1.29 is 17.9 Å². The lowest BCUT2D eigenvalue weighted by Gasteiger charge is -2.34. The zero-order chi connectivity index (χ0) is 40.9. The molecule has 2 aromatic carbocycles. The van der Waals surface area contributed by atoms with Crippen LogP contribution in [0.25, 0.3) is 16.7 Å². The second-order valence-corrected chi connectivity index (χ2v) is 18.0. The number of rotatable bonds is 16. The van der Waals surface area contributed by atoms with Gasteiger partial charge in [-0.05, 0) is 85.8 Å². The fourth-order valence-electron chi connectivity index (χ4n) is 6.25. The number of aromatic amines is 1. The average Bonchev–Trinajstić information content (AvgIpc) is 3.58. The Morgan fingerprint density at radius 1 is 1.00 bits per heavy atom. The molecular formula is C41H63N9O5S. The van der Waals surface area contributed by atoms with Crippen LogP contribution in [0.4, 0.5) is 0 Å². The van der Waals surface area contributed by atoms with Crippen LogP contribution in [0.1, 0.15) is 77.6 Å². The Balaban J connectivity index is 0.000000249. The first-order valence-electron chi connectivity index (χ1n) is 19.4. The predicted octanol–water partition coefficient (Wildman–Crippen LogP) is 4.15. The molecule has 0 spiro atoms. The van der Waals surface area contributed by atoms with Gasteiger partial charge in [-0.25, -0.2) is 13.2 Å². The van der Waals surface area contributed by atoms with Gasteiger partial charge in [-0.3, -0.25) is 9.56 Å². The summed E-state index contributed by atoms with van der Waals surface area (Å²) < 4.78 is 40.7. The summed E-state index contributed by atoms with van der Waals surface area (Å²) in [6.07, 6.45) is 4.34. The molecule has 308 valence electrons. The second kappa shape index (κ2) is 20.3. The molecule has 56 heavy (non-hydrogen) atoms. The van der Waals surface area contributed by atoms with Crippen molar-refractivity contribution in [3.05, 3.63) is 88.1 Å². The van der Waals surface area contributed by atoms with Gasteiger partial charge in [0.25, 0.3) is 0 Å². The Bertz CT molecular complexity index is 2020. The van der Waals surface area contributed by atoms with Gasteiger partial charge in [0.15, 0.2) is 5.96 Å². The maximum Gasteiger partial charge on any atom is 0.354 e. The maximum absolute atomic E-state index is 13.5. The van der Waals surface area contributed by atoms with Gasteiger partial charge in [-0.15, -0.1) is 0 Å². The minimum atomic E-state index is -3.58. The lowest BCUT2D eigenvalue weighted by atomic mass is 9.87. The third-order valence-electron chi connectivity index (χ3n) is 9.58. The molecule has 7 N–H and O–H groups in total. The number of fused-ring (bicyclic) bond motifs is 1. The molecule has 15 heteroatoms. The van der Waals surface area contributed by atoms with E-state index in [9.17, 15) is 13.2 Å². The molecule has 0 radical (unpaired) electrons. The number of nitrogens with one attached hydrogen (secondary N) is 3. The van der Waals surface area contributed by atoms with Crippen LogP contribution in [-0.2, 0) is 36.9 Å². The van der Waals surface area contributed by atoms with Crippen molar-refractivity contribution in [2.24, 2.45) is 16.5 Å². The van der Waals surface area contributed by atoms with Crippen LogP contribution in [0.15, 0.2) is 75.5 Å². The fourth-order valence-corrected chi connectivity index (χ4v) is 7.97. The van der Waals surface area contributed by atoms with Crippen LogP contribution < -0.4 is 27.8 Å². The second-order valence-electron chi connectivity index (χ2n) is 16.1. The number of aliphatic imine (C=N–C) groups is 1. The summed E-state index contributed by atoms with van der Waals surface area (Å²) in [5, 5.41) is 7.57. The highest BCUT2D eigenvalue weighted by molar-refractivity contribution is 7.89. The molecular weight excluding hydrogens is 731 g/mol. The molecule has 1 aliphatic heterocycles. The number of H-pyrrole nitrogens is 1. The molecule has 1 fully saturated rings. The van der Waals surface area contributed by atoms with E-state index in [0.717, 1.165) is 73.3 Å². The van der Waals surface area contributed by atoms with E-state index in [4.69, 9.17) is 20.9 Å². The number of hydrogen-bond donors (Lipinski definition) is 5. The van der Waals surface area contributed by atoms with Gasteiger partial charge in [0.05, 0.1) is 30.4 Å². The third kappa shape index (κ3) is 13.0. The van der Waals surface area contributed by atoms with Crippen LogP contribution in [0.2, 0.25) is 0 Å². The van der Waals surface area contributed by atoms with Crippen molar-refractivity contribution in [3.8, 4) is 5.69 Å². The van der Waals surface area contributed by atoms with Gasteiger partial charge in [-0.1, -0.05) is 65.8 Å². The van der Waals surface area contributed by atoms with Crippen molar-refractivity contribution in [1.29, 1.82) is 0 Å². The quantitative estimate of drug-likeness (QED) is 0.0625. The summed E-state index contributed by atoms with van der Waals surface area (Å²) in [4.78, 5) is 24.3. The topological polar surface area (TPSA) is 195 Å². The molecule has 3 heterocycles. The van der Waals surface area contributed by atoms with Crippen molar-refractivity contribution >= 4 is 27.0 Å². The lowest BCUT2D eigenvalue weighted by Crippen LogP contribution is -2.47. The van der Waals surface area contributed by atoms with E-state index in [2.05, 4.69) is 73.2 Å². The zero-order valence-corrected chi connectivity index (χ0v) is 35.0. The van der Waals surface area contributed by atoms with Crippen molar-refractivity contribution in [3.63, 3.8) is 0 Å². The number of hydrogen-bond acceptors (Lipinski definition) is 9. The maximum atomic E-state index is 13.5. The summed E-state index contributed by atoms with van der Waals surface area (Å²) >= 11 is 0. The van der Waals surface area contributed by atoms with E-state index in [0.29, 0.717) is 43.5 Å². The summed E-state index contributed by atoms with van der Waals surface area (Å²) in [5.41, 5.74) is 14.8. The number of sulfonamides is 1. The number of piperidine rings is 1. The number of methoxy groups -OCH3 is 1. The lowest BCUT2D eigenvalue weighted by molar-refractivity contribution is 0.0613. The molecule has 0 bridgehead atoms. The summed E-state index contributed by atoms with van der Waals surface area (Å²) in [6.45, 7) is 18.2. The van der Waals surface area contributed by atoms with Crippen LogP contribution in [0.5, 0.6) is 0 Å². The third-order valence-corrected chi connectivity index (χ3v) is 11.5. The molecule has 4 aromatic rings. The Morgan fingerprint density at radius 2 is 1.71 bits per heavy atom. The van der Waals surface area contributed by atoms with E-state index in [1.54, 1.807) is 22.0 Å². The van der Waals surface area contributed by atoms with Gasteiger partial charge in [0.2, 0.25) is 10.0 Å². The summed E-state index contributed by atoms with van der Waals surface area (Å²) in [5.74, 6) is 0.123. The molecule has 0 unspecified atom stereocenters. The smallest absolute Gasteiger partial charge is 0.354 e. The normalized spacial score (nSPS) is 14.1. The first-order chi connectivity index (χ1) is 26.5. The van der Waals surface area contributed by atoms with E-state index in [1.165, 1.54) is 0 Å². The minimum absolute atomic E-state index is 0.000526. The Morgan fingerprint density at radius 3 is 2.36 bits per heavy atom. The molecule has 1 aliphatic rings. The fraction of sp³-hybridized carbons (Fsp3) is 0.537. The van der Waals surface area contributed by atoms with Crippen LogP contribution in [0.3, 0.4) is 0 Å². The van der Waals surface area contributed by atoms with E-state index in [1.807, 2.05) is 48.7 Å². The monoisotopic (exact) mass is 793 g/mol. The first-order valence-corrected chi connectivity index (χ1v) is 20.8. The Hall–Kier alpha value is -4.12. The van der Waals surface area contributed by atoms with Gasteiger partial charge in [0.1, 0.15) is 5.65 Å². The van der Waals surface area contributed by atoms with Crippen LogP contribution in [0, 0.1) is 0 Å². The molecule has 0 aliphatic carbocycles. The van der Waals surface area contributed by atoms with E-state index >= 15 is 0 Å². The highest BCUT2D eigenvalue weighted by Gasteiger charge is 2.33. The molecule has 1 saturated heterocycles. The highest BCUT2D eigenvalue weighted by Crippen LogP contribution is 2.28. The highest BCUT2D eigenvalue weighted by atomic mass is 32.2. The molecule has 0 atom stereocenters. The number of ether oxygens (including phenoxy) is 2. The average molecular weight is 794 g/mol. The number of nitrogens with zero attached hydrogens (tertiary/aromatic N) is 4. The first kappa shape index (κ1) is 44.6. The van der Waals surface area contributed by atoms with Crippen LogP contribution >= 0.6 is 0 Å². The molecule has 5 rings (SSSR count). The zero-order valence-electron chi connectivity index (χ0n) is 34.2. The van der Waals surface area contributed by atoms with Crippen molar-refractivity contribution in [2.45, 2.75) is 89.1 Å². The largest absolute Gasteiger partial charge is 0.382 e. The van der Waals surface area contributed by atoms with Gasteiger partial charge in [0, 0.05) is 55.5 Å². The molecule has 0 saturated carbocycles. The van der Waals surface area contributed by atoms with Gasteiger partial charge < -0.3 is 36.6 Å². The Kier molecular flexibility index (Phi) is 16.2. The number of aromatic nitrogens is 3. The van der Waals surface area contributed by atoms with Crippen LogP contribution in [-0.4, -0.2) is 98.9 Å². The molecule has 2 aromatic heterocycles. The summed E-state index contributed by atoms with van der Waals surface area (Å²) in [6, 6.07) is 17.3. The van der Waals surface area contributed by atoms with E-state index < -0.39 is 10.0 Å². The number of guanidine groups is 1.